The standard InChI is InChI=1S/C14H21ClN4O2/c1-4-11-16-13(15)10(2)14(17-11)19-7-5-18(6-8-19)9-12(20)21-3/h4-9H2,1-3H3. The molecule has 21 heavy (non-hydrogen) atoms. The Hall–Kier alpha value is -1.40. The first-order valence-corrected chi connectivity index (χ1v) is 7.50. The normalized spacial score (nSPS) is 16.1. The number of esters is 1. The summed E-state index contributed by atoms with van der Waals surface area (Å²) in [6, 6.07) is 0. The molecule has 2 heterocycles. The first-order chi connectivity index (χ1) is 10.0. The van der Waals surface area contributed by atoms with Gasteiger partial charge in [-0.3, -0.25) is 9.69 Å². The maximum absolute atomic E-state index is 11.3. The fraction of sp³-hybridized carbons (Fsp3) is 0.643. The van der Waals surface area contributed by atoms with E-state index >= 15 is 0 Å². The number of halogens is 1. The van der Waals surface area contributed by atoms with Crippen molar-refractivity contribution in [3.63, 3.8) is 0 Å². The molecule has 0 amide bonds. The third-order valence-electron chi connectivity index (χ3n) is 3.68. The van der Waals surface area contributed by atoms with Crippen LogP contribution >= 0.6 is 11.6 Å². The van der Waals surface area contributed by atoms with Gasteiger partial charge in [-0.05, 0) is 6.92 Å². The highest BCUT2D eigenvalue weighted by Crippen LogP contribution is 2.24. The molecule has 1 aromatic heterocycles. The van der Waals surface area contributed by atoms with Gasteiger partial charge < -0.3 is 9.64 Å². The van der Waals surface area contributed by atoms with Crippen molar-refractivity contribution < 1.29 is 9.53 Å². The van der Waals surface area contributed by atoms with Gasteiger partial charge in [-0.25, -0.2) is 9.97 Å². The second kappa shape index (κ2) is 7.04. The molecule has 1 aromatic rings. The summed E-state index contributed by atoms with van der Waals surface area (Å²) in [6.07, 6.45) is 0.759. The van der Waals surface area contributed by atoms with E-state index in [4.69, 9.17) is 16.3 Å². The van der Waals surface area contributed by atoms with Crippen molar-refractivity contribution in [3.05, 3.63) is 16.5 Å². The van der Waals surface area contributed by atoms with E-state index in [0.717, 1.165) is 49.8 Å². The van der Waals surface area contributed by atoms with Crippen LogP contribution in [0.3, 0.4) is 0 Å². The maximum Gasteiger partial charge on any atom is 0.319 e. The van der Waals surface area contributed by atoms with Gasteiger partial charge >= 0.3 is 5.97 Å². The lowest BCUT2D eigenvalue weighted by Crippen LogP contribution is -2.48. The van der Waals surface area contributed by atoms with E-state index in [0.29, 0.717) is 11.7 Å². The molecule has 0 bridgehead atoms. The zero-order chi connectivity index (χ0) is 15.4. The lowest BCUT2D eigenvalue weighted by Gasteiger charge is -2.35. The minimum atomic E-state index is -0.196. The summed E-state index contributed by atoms with van der Waals surface area (Å²) in [5.41, 5.74) is 0.912. The molecule has 116 valence electrons. The number of rotatable bonds is 4. The van der Waals surface area contributed by atoms with Crippen LogP contribution in [-0.4, -0.2) is 60.7 Å². The number of hydrogen-bond acceptors (Lipinski definition) is 6. The largest absolute Gasteiger partial charge is 0.468 e. The van der Waals surface area contributed by atoms with Gasteiger partial charge in [-0.2, -0.15) is 0 Å². The molecule has 2 rings (SSSR count). The number of aryl methyl sites for hydroxylation is 1. The van der Waals surface area contributed by atoms with Crippen molar-refractivity contribution in [2.45, 2.75) is 20.3 Å². The first kappa shape index (κ1) is 16.0. The average molecular weight is 313 g/mol. The van der Waals surface area contributed by atoms with Crippen LogP contribution in [0.2, 0.25) is 5.15 Å². The van der Waals surface area contributed by atoms with Crippen molar-refractivity contribution in [2.24, 2.45) is 0 Å². The average Bonchev–Trinajstić information content (AvgIpc) is 2.50. The van der Waals surface area contributed by atoms with Gasteiger partial charge in [0.15, 0.2) is 0 Å². The summed E-state index contributed by atoms with van der Waals surface area (Å²) in [5.74, 6) is 1.47. The highest BCUT2D eigenvalue weighted by Gasteiger charge is 2.22. The molecule has 1 saturated heterocycles. The molecule has 0 saturated carbocycles. The van der Waals surface area contributed by atoms with Crippen LogP contribution in [0.25, 0.3) is 0 Å². The van der Waals surface area contributed by atoms with Crippen molar-refractivity contribution >= 4 is 23.4 Å². The van der Waals surface area contributed by atoms with Crippen molar-refractivity contribution in [1.82, 2.24) is 14.9 Å². The molecular formula is C14H21ClN4O2. The van der Waals surface area contributed by atoms with Crippen molar-refractivity contribution in [2.75, 3.05) is 44.7 Å². The topological polar surface area (TPSA) is 58.6 Å². The van der Waals surface area contributed by atoms with Crippen LogP contribution < -0.4 is 4.90 Å². The number of hydrogen-bond donors (Lipinski definition) is 0. The first-order valence-electron chi connectivity index (χ1n) is 7.12. The second-order valence-corrected chi connectivity index (χ2v) is 5.43. The molecule has 0 N–H and O–H groups in total. The second-order valence-electron chi connectivity index (χ2n) is 5.07. The molecule has 1 aliphatic heterocycles. The SMILES string of the molecule is CCc1nc(Cl)c(C)c(N2CCN(CC(=O)OC)CC2)n1. The maximum atomic E-state index is 11.3. The molecule has 0 spiro atoms. The molecule has 1 fully saturated rings. The van der Waals surface area contributed by atoms with Gasteiger partial charge in [0.05, 0.1) is 13.7 Å². The Bertz CT molecular complexity index is 516. The van der Waals surface area contributed by atoms with E-state index in [1.807, 2.05) is 13.8 Å². The lowest BCUT2D eigenvalue weighted by atomic mass is 10.2. The predicted octanol–water partition coefficient (Wildman–Crippen LogP) is 1.30. The monoisotopic (exact) mass is 312 g/mol. The number of carbonyl (C=O) groups is 1. The summed E-state index contributed by atoms with van der Waals surface area (Å²) in [6.45, 7) is 7.53. The number of carbonyl (C=O) groups excluding carboxylic acids is 1. The van der Waals surface area contributed by atoms with Crippen LogP contribution in [0.1, 0.15) is 18.3 Å². The van der Waals surface area contributed by atoms with Crippen LogP contribution in [0.5, 0.6) is 0 Å². The number of aromatic nitrogens is 2. The van der Waals surface area contributed by atoms with Gasteiger partial charge in [-0.1, -0.05) is 18.5 Å². The minimum absolute atomic E-state index is 0.196. The molecule has 0 aliphatic carbocycles. The van der Waals surface area contributed by atoms with E-state index in [1.165, 1.54) is 7.11 Å². The van der Waals surface area contributed by atoms with Crippen LogP contribution in [0.4, 0.5) is 5.82 Å². The van der Waals surface area contributed by atoms with Gasteiger partial charge in [0.2, 0.25) is 0 Å². The van der Waals surface area contributed by atoms with Gasteiger partial charge in [-0.15, -0.1) is 0 Å². The third kappa shape index (κ3) is 3.83. The Morgan fingerprint density at radius 1 is 1.29 bits per heavy atom. The van der Waals surface area contributed by atoms with Crippen molar-refractivity contribution in [3.8, 4) is 0 Å². The van der Waals surface area contributed by atoms with Crippen molar-refractivity contribution in [1.29, 1.82) is 0 Å². The highest BCUT2D eigenvalue weighted by molar-refractivity contribution is 6.30. The number of nitrogens with zero attached hydrogens (tertiary/aromatic N) is 4. The zero-order valence-corrected chi connectivity index (χ0v) is 13.5. The van der Waals surface area contributed by atoms with Gasteiger partial charge in [0, 0.05) is 38.2 Å². The molecular weight excluding hydrogens is 292 g/mol. The Balaban J connectivity index is 2.05. The highest BCUT2D eigenvalue weighted by atomic mass is 35.5. The molecule has 0 unspecified atom stereocenters. The quantitative estimate of drug-likeness (QED) is 0.617. The fourth-order valence-corrected chi connectivity index (χ4v) is 2.53. The minimum Gasteiger partial charge on any atom is -0.468 e. The Labute approximate surface area is 130 Å². The summed E-state index contributed by atoms with van der Waals surface area (Å²) in [5, 5.41) is 0.522. The van der Waals surface area contributed by atoms with E-state index < -0.39 is 0 Å². The molecule has 7 heteroatoms. The molecule has 1 aliphatic rings. The Morgan fingerprint density at radius 2 is 1.95 bits per heavy atom. The smallest absolute Gasteiger partial charge is 0.319 e. The van der Waals surface area contributed by atoms with Crippen LogP contribution in [-0.2, 0) is 16.0 Å². The van der Waals surface area contributed by atoms with Gasteiger partial charge in [0.25, 0.3) is 0 Å². The fourth-order valence-electron chi connectivity index (χ4n) is 2.35. The number of ether oxygens (including phenoxy) is 1. The van der Waals surface area contributed by atoms with Crippen LogP contribution in [0.15, 0.2) is 0 Å². The van der Waals surface area contributed by atoms with E-state index in [1.54, 1.807) is 0 Å². The third-order valence-corrected chi connectivity index (χ3v) is 4.04. The summed E-state index contributed by atoms with van der Waals surface area (Å²) in [4.78, 5) is 24.5. The number of methoxy groups -OCH3 is 1. The lowest BCUT2D eigenvalue weighted by molar-refractivity contribution is -0.142. The predicted molar refractivity (Wildman–Crippen MR) is 81.8 cm³/mol. The molecule has 0 atom stereocenters. The summed E-state index contributed by atoms with van der Waals surface area (Å²) >= 11 is 6.18. The Morgan fingerprint density at radius 3 is 2.52 bits per heavy atom. The van der Waals surface area contributed by atoms with E-state index in [9.17, 15) is 4.79 Å². The number of anilines is 1. The van der Waals surface area contributed by atoms with E-state index in [2.05, 4.69) is 19.8 Å². The van der Waals surface area contributed by atoms with Gasteiger partial charge in [0.1, 0.15) is 16.8 Å². The van der Waals surface area contributed by atoms with Crippen LogP contribution in [0, 0.1) is 6.92 Å². The van der Waals surface area contributed by atoms with E-state index in [-0.39, 0.29) is 5.97 Å². The number of piperazine rings is 1. The summed E-state index contributed by atoms with van der Waals surface area (Å²) < 4.78 is 4.70. The molecule has 6 nitrogen and oxygen atoms in total. The zero-order valence-electron chi connectivity index (χ0n) is 12.7. The Kier molecular flexibility index (Phi) is 5.36. The summed E-state index contributed by atoms with van der Waals surface area (Å²) in [7, 11) is 1.41. The molecule has 0 radical (unpaired) electrons. The molecule has 0 aromatic carbocycles.